The fourth-order valence-electron chi connectivity index (χ4n) is 3.61. The minimum atomic E-state index is -0.178. The molecule has 1 atom stereocenters. The highest BCUT2D eigenvalue weighted by molar-refractivity contribution is 5.87. The molecule has 1 amide bonds. The summed E-state index contributed by atoms with van der Waals surface area (Å²) in [6, 6.07) is 8.21. The fourth-order valence-corrected chi connectivity index (χ4v) is 3.61. The zero-order chi connectivity index (χ0) is 16.0. The Balaban J connectivity index is 1.50. The summed E-state index contributed by atoms with van der Waals surface area (Å²) in [5, 5.41) is 4.56. The number of benzene rings is 1. The monoisotopic (exact) mass is 311 g/mol. The zero-order valence-corrected chi connectivity index (χ0v) is 14.0. The van der Waals surface area contributed by atoms with E-state index in [1.807, 2.05) is 13.1 Å². The van der Waals surface area contributed by atoms with E-state index in [1.165, 1.54) is 30.5 Å². The summed E-state index contributed by atoms with van der Waals surface area (Å²) in [7, 11) is 0. The van der Waals surface area contributed by atoms with Crippen LogP contribution < -0.4 is 5.32 Å². The number of rotatable bonds is 5. The van der Waals surface area contributed by atoms with Crippen LogP contribution in [0.2, 0.25) is 0 Å². The Labute approximate surface area is 137 Å². The van der Waals surface area contributed by atoms with Gasteiger partial charge in [-0.2, -0.15) is 0 Å². The molecule has 1 saturated carbocycles. The van der Waals surface area contributed by atoms with Gasteiger partial charge < -0.3 is 14.8 Å². The molecule has 1 aromatic carbocycles. The molecule has 2 heterocycles. The maximum Gasteiger partial charge on any atom is 0.243 e. The van der Waals surface area contributed by atoms with Gasteiger partial charge >= 0.3 is 0 Å². The Hall–Kier alpha value is -1.81. The number of hydrogen-bond acceptors (Lipinski definition) is 2. The molecule has 1 saturated heterocycles. The Morgan fingerprint density at radius 1 is 1.30 bits per heavy atom. The lowest BCUT2D eigenvalue weighted by Gasteiger charge is -2.35. The third-order valence-electron chi connectivity index (χ3n) is 5.49. The normalized spacial score (nSPS) is 21.0. The molecule has 0 bridgehead atoms. The summed E-state index contributed by atoms with van der Waals surface area (Å²) in [6.07, 6.45) is 5.58. The second kappa shape index (κ2) is 5.38. The molecule has 1 aromatic heterocycles. The van der Waals surface area contributed by atoms with E-state index in [4.69, 9.17) is 0 Å². The van der Waals surface area contributed by atoms with Crippen LogP contribution in [-0.2, 0) is 4.79 Å². The van der Waals surface area contributed by atoms with Crippen molar-refractivity contribution < 1.29 is 4.79 Å². The van der Waals surface area contributed by atoms with Gasteiger partial charge in [-0.25, -0.2) is 0 Å². The van der Waals surface area contributed by atoms with Crippen LogP contribution in [-0.4, -0.2) is 40.5 Å². The van der Waals surface area contributed by atoms with Crippen molar-refractivity contribution in [2.45, 2.75) is 44.7 Å². The summed E-state index contributed by atoms with van der Waals surface area (Å²) in [5.74, 6) is 0.141. The minimum Gasteiger partial charge on any atom is -0.348 e. The van der Waals surface area contributed by atoms with Gasteiger partial charge in [0.25, 0.3) is 0 Å². The van der Waals surface area contributed by atoms with Crippen molar-refractivity contribution in [1.82, 2.24) is 14.8 Å². The summed E-state index contributed by atoms with van der Waals surface area (Å²) in [6.45, 7) is 7.51. The van der Waals surface area contributed by atoms with E-state index in [9.17, 15) is 4.79 Å². The van der Waals surface area contributed by atoms with E-state index in [1.54, 1.807) is 0 Å². The van der Waals surface area contributed by atoms with Crippen molar-refractivity contribution in [3.63, 3.8) is 0 Å². The first-order chi connectivity index (χ1) is 11.1. The molecule has 0 spiro atoms. The van der Waals surface area contributed by atoms with Gasteiger partial charge in [-0.1, -0.05) is 12.1 Å². The second-order valence-electron chi connectivity index (χ2n) is 7.31. The third-order valence-corrected chi connectivity index (χ3v) is 5.49. The van der Waals surface area contributed by atoms with E-state index in [2.05, 4.69) is 46.0 Å². The average molecular weight is 311 g/mol. The Morgan fingerprint density at radius 2 is 2.09 bits per heavy atom. The van der Waals surface area contributed by atoms with Crippen LogP contribution in [0, 0.1) is 6.92 Å². The highest BCUT2D eigenvalue weighted by atomic mass is 16.2. The minimum absolute atomic E-state index is 0.0463. The summed E-state index contributed by atoms with van der Waals surface area (Å²) in [4.78, 5) is 15.2. The molecule has 23 heavy (non-hydrogen) atoms. The van der Waals surface area contributed by atoms with Gasteiger partial charge in [-0.05, 0) is 63.9 Å². The highest BCUT2D eigenvalue weighted by Gasteiger charge is 2.46. The lowest BCUT2D eigenvalue weighted by atomic mass is 10.1. The molecule has 4 nitrogen and oxygen atoms in total. The molecular weight excluding hydrogens is 286 g/mol. The lowest BCUT2D eigenvalue weighted by Crippen LogP contribution is -2.51. The van der Waals surface area contributed by atoms with Crippen molar-refractivity contribution in [1.29, 1.82) is 0 Å². The third kappa shape index (κ3) is 2.65. The highest BCUT2D eigenvalue weighted by Crippen LogP contribution is 2.37. The van der Waals surface area contributed by atoms with Crippen LogP contribution in [0.4, 0.5) is 0 Å². The number of carbonyl (C=O) groups is 1. The number of amides is 1. The van der Waals surface area contributed by atoms with Crippen LogP contribution in [0.15, 0.2) is 30.5 Å². The predicted molar refractivity (Wildman–Crippen MR) is 92.6 cm³/mol. The smallest absolute Gasteiger partial charge is 0.243 e. The average Bonchev–Trinajstić information content (AvgIpc) is 3.10. The molecule has 1 aliphatic carbocycles. The Bertz CT molecular complexity index is 740. The molecule has 122 valence electrons. The first-order valence-electron chi connectivity index (χ1n) is 8.69. The van der Waals surface area contributed by atoms with Crippen LogP contribution >= 0.6 is 0 Å². The van der Waals surface area contributed by atoms with Crippen LogP contribution in [0.1, 0.15) is 37.8 Å². The largest absolute Gasteiger partial charge is 0.348 e. The molecule has 0 radical (unpaired) electrons. The quantitative estimate of drug-likeness (QED) is 0.922. The van der Waals surface area contributed by atoms with Gasteiger partial charge in [0, 0.05) is 23.6 Å². The number of nitrogens with one attached hydrogen (secondary N) is 1. The van der Waals surface area contributed by atoms with Gasteiger partial charge in [-0.3, -0.25) is 4.79 Å². The topological polar surface area (TPSA) is 37.3 Å². The Morgan fingerprint density at radius 3 is 2.74 bits per heavy atom. The molecule has 2 fully saturated rings. The predicted octanol–water partition coefficient (Wildman–Crippen LogP) is 2.87. The van der Waals surface area contributed by atoms with Crippen molar-refractivity contribution in [2.75, 3.05) is 19.6 Å². The van der Waals surface area contributed by atoms with Crippen molar-refractivity contribution in [3.05, 3.63) is 36.0 Å². The zero-order valence-electron chi connectivity index (χ0n) is 14.0. The number of aryl methyl sites for hydroxylation is 1. The second-order valence-corrected chi connectivity index (χ2v) is 7.31. The Kier molecular flexibility index (Phi) is 3.45. The summed E-state index contributed by atoms with van der Waals surface area (Å²) < 4.78 is 2.09. The van der Waals surface area contributed by atoms with Crippen LogP contribution in [0.25, 0.3) is 10.9 Å². The first kappa shape index (κ1) is 14.8. The fraction of sp³-hybridized carbons (Fsp3) is 0.526. The van der Waals surface area contributed by atoms with Gasteiger partial charge in [0.05, 0.1) is 5.54 Å². The first-order valence-corrected chi connectivity index (χ1v) is 8.69. The number of fused-ring (bicyclic) bond motifs is 1. The van der Waals surface area contributed by atoms with Crippen LogP contribution in [0.3, 0.4) is 0 Å². The molecule has 4 heteroatoms. The van der Waals surface area contributed by atoms with E-state index < -0.39 is 0 Å². The van der Waals surface area contributed by atoms with E-state index in [0.29, 0.717) is 0 Å². The number of likely N-dealkylation sites (tertiary alicyclic amines) is 1. The SMILES string of the molecule is Cc1cccc2c1ccn2C(C)C(=O)NC1(CN2CCC2)CC1. The van der Waals surface area contributed by atoms with Crippen molar-refractivity contribution >= 4 is 16.8 Å². The molecule has 4 rings (SSSR count). The molecule has 1 N–H and O–H groups in total. The van der Waals surface area contributed by atoms with Gasteiger partial charge in [0.2, 0.25) is 5.91 Å². The van der Waals surface area contributed by atoms with Gasteiger partial charge in [0.15, 0.2) is 0 Å². The molecule has 1 aliphatic heterocycles. The number of aromatic nitrogens is 1. The van der Waals surface area contributed by atoms with Crippen molar-refractivity contribution in [3.8, 4) is 0 Å². The molecule has 1 unspecified atom stereocenters. The maximum absolute atomic E-state index is 12.8. The number of hydrogen-bond donors (Lipinski definition) is 1. The van der Waals surface area contributed by atoms with Crippen molar-refractivity contribution in [2.24, 2.45) is 0 Å². The van der Waals surface area contributed by atoms with Gasteiger partial charge in [-0.15, -0.1) is 0 Å². The van der Waals surface area contributed by atoms with Crippen LogP contribution in [0.5, 0.6) is 0 Å². The molecule has 2 aliphatic rings. The van der Waals surface area contributed by atoms with E-state index >= 15 is 0 Å². The lowest BCUT2D eigenvalue weighted by molar-refractivity contribution is -0.125. The molecular formula is C19H25N3O. The summed E-state index contributed by atoms with van der Waals surface area (Å²) >= 11 is 0. The van der Waals surface area contributed by atoms with E-state index in [0.717, 1.165) is 24.9 Å². The van der Waals surface area contributed by atoms with Gasteiger partial charge in [0.1, 0.15) is 6.04 Å². The maximum atomic E-state index is 12.8. The summed E-state index contributed by atoms with van der Waals surface area (Å²) in [5.41, 5.74) is 2.44. The standard InChI is InChI=1S/C19H25N3O/c1-14-5-3-6-17-16(14)7-12-22(17)15(2)18(23)20-19(8-9-19)13-21-10-4-11-21/h3,5-7,12,15H,4,8-11,13H2,1-2H3,(H,20,23). The number of carbonyl (C=O) groups excluding carboxylic acids is 1. The number of nitrogens with zero attached hydrogens (tertiary/aromatic N) is 2. The molecule has 2 aromatic rings. The van der Waals surface area contributed by atoms with E-state index in [-0.39, 0.29) is 17.5 Å².